The first kappa shape index (κ1) is 29.3. The van der Waals surface area contributed by atoms with Gasteiger partial charge in [-0.3, -0.25) is 23.4 Å². The average molecular weight is 676 g/mol. The minimum absolute atomic E-state index is 0.0473. The lowest BCUT2D eigenvalue weighted by molar-refractivity contribution is -0.0453. The summed E-state index contributed by atoms with van der Waals surface area (Å²) in [6, 6.07) is 0. The van der Waals surface area contributed by atoms with Crippen LogP contribution in [-0.2, 0) is 52.4 Å². The summed E-state index contributed by atoms with van der Waals surface area (Å²) in [5, 5.41) is 0. The summed E-state index contributed by atoms with van der Waals surface area (Å²) in [6.07, 6.45) is -1.69. The van der Waals surface area contributed by atoms with Gasteiger partial charge in [0.15, 0.2) is 29.2 Å². The van der Waals surface area contributed by atoms with E-state index in [-0.39, 0.29) is 48.6 Å². The monoisotopic (exact) mass is 675 g/mol. The second kappa shape index (κ2) is 10.9. The maximum absolute atomic E-state index is 15.9. The first-order valence-electron chi connectivity index (χ1n) is 13.0. The number of anilines is 1. The molecule has 4 N–H and O–H groups in total. The highest BCUT2D eigenvalue weighted by Crippen LogP contribution is 2.58. The SMILES string of the molecule is Nc1nc2c(ncn2[C@@H]2OC3COP(O)(=S)OCCn4c(nc5cnc(C6CC6)nc54)COP(=O)(S)O[C@@H]2[C@@H]3F)c(=O)[nH]1. The fourth-order valence-corrected chi connectivity index (χ4v) is 7.43. The number of alkyl halides is 1. The van der Waals surface area contributed by atoms with Crippen LogP contribution in [-0.4, -0.2) is 75.5 Å². The first-order chi connectivity index (χ1) is 20.5. The Labute approximate surface area is 251 Å². The molecule has 6 heterocycles. The summed E-state index contributed by atoms with van der Waals surface area (Å²) < 4.78 is 60.3. The van der Waals surface area contributed by atoms with Gasteiger partial charge in [-0.25, -0.2) is 28.9 Å². The van der Waals surface area contributed by atoms with Crippen molar-refractivity contribution in [1.82, 2.24) is 39.0 Å². The number of nitrogens with two attached hydrogens (primary N) is 1. The number of fused-ring (bicyclic) bond motifs is 6. The fourth-order valence-electron chi connectivity index (χ4n) is 4.93. The maximum Gasteiger partial charge on any atom is 0.387 e. The van der Waals surface area contributed by atoms with E-state index in [9.17, 15) is 14.3 Å². The Morgan fingerprint density at radius 2 is 2.00 bits per heavy atom. The maximum atomic E-state index is 15.9. The third kappa shape index (κ3) is 5.77. The van der Waals surface area contributed by atoms with Crippen molar-refractivity contribution in [3.63, 3.8) is 0 Å². The Balaban J connectivity index is 1.25. The van der Waals surface area contributed by atoms with Gasteiger partial charge in [-0.15, -0.1) is 0 Å². The molecule has 4 aromatic heterocycles. The predicted octanol–water partition coefficient (Wildman–Crippen LogP) is 1.86. The molecule has 6 atom stereocenters. The number of H-pyrrole nitrogens is 1. The van der Waals surface area contributed by atoms with E-state index in [1.54, 1.807) is 10.8 Å². The molecular weight excluding hydrogens is 651 g/mol. The number of aromatic amines is 1. The molecule has 7 rings (SSSR count). The van der Waals surface area contributed by atoms with Crippen LogP contribution in [0, 0.1) is 0 Å². The lowest BCUT2D eigenvalue weighted by Crippen LogP contribution is -2.32. The van der Waals surface area contributed by atoms with E-state index in [1.807, 2.05) is 0 Å². The van der Waals surface area contributed by atoms with Crippen molar-refractivity contribution in [3.8, 4) is 0 Å². The van der Waals surface area contributed by atoms with Gasteiger partial charge in [0, 0.05) is 12.5 Å². The van der Waals surface area contributed by atoms with Gasteiger partial charge in [-0.1, -0.05) is 12.2 Å². The van der Waals surface area contributed by atoms with Crippen molar-refractivity contribution >= 4 is 65.8 Å². The third-order valence-corrected chi connectivity index (χ3v) is 10.3. The molecule has 22 heteroatoms. The molecule has 0 spiro atoms. The summed E-state index contributed by atoms with van der Waals surface area (Å²) in [7, 11) is 0. The van der Waals surface area contributed by atoms with Crippen molar-refractivity contribution in [3.05, 3.63) is 34.5 Å². The summed E-state index contributed by atoms with van der Waals surface area (Å²) in [5.74, 6) is 0.992. The largest absolute Gasteiger partial charge is 0.387 e. The molecule has 17 nitrogen and oxygen atoms in total. The molecule has 0 amide bonds. The van der Waals surface area contributed by atoms with Crippen LogP contribution in [0.4, 0.5) is 10.3 Å². The molecule has 1 saturated carbocycles. The van der Waals surface area contributed by atoms with Gasteiger partial charge in [0.1, 0.15) is 36.0 Å². The van der Waals surface area contributed by atoms with E-state index < -0.39 is 50.3 Å². The number of halogens is 1. The van der Waals surface area contributed by atoms with Gasteiger partial charge in [0.05, 0.1) is 25.7 Å². The van der Waals surface area contributed by atoms with Gasteiger partial charge in [0.2, 0.25) is 5.95 Å². The van der Waals surface area contributed by atoms with Crippen LogP contribution >= 0.6 is 25.8 Å². The van der Waals surface area contributed by atoms with Crippen LogP contribution in [0.25, 0.3) is 22.3 Å². The highest BCUT2D eigenvalue weighted by Gasteiger charge is 2.51. The lowest BCUT2D eigenvalue weighted by Gasteiger charge is -2.24. The van der Waals surface area contributed by atoms with Crippen molar-refractivity contribution in [2.24, 2.45) is 0 Å². The number of ether oxygens (including phenoxy) is 1. The van der Waals surface area contributed by atoms with E-state index in [0.29, 0.717) is 17.0 Å². The zero-order valence-corrected chi connectivity index (χ0v) is 25.4. The quantitative estimate of drug-likeness (QED) is 0.176. The van der Waals surface area contributed by atoms with Crippen molar-refractivity contribution in [2.75, 3.05) is 18.9 Å². The molecule has 0 radical (unpaired) electrons. The smallest absolute Gasteiger partial charge is 0.369 e. The molecule has 3 unspecified atom stereocenters. The van der Waals surface area contributed by atoms with E-state index in [1.165, 1.54) is 10.9 Å². The molecule has 1 saturated heterocycles. The van der Waals surface area contributed by atoms with Gasteiger partial charge in [-0.05, 0) is 24.6 Å². The second-order valence-corrected chi connectivity index (χ2v) is 15.8. The number of imidazole rings is 2. The zero-order valence-electron chi connectivity index (χ0n) is 21.9. The minimum Gasteiger partial charge on any atom is -0.369 e. The number of hydrogen-bond donors (Lipinski definition) is 4. The number of nitrogens with one attached hydrogen (secondary N) is 1. The van der Waals surface area contributed by atoms with E-state index in [2.05, 4.69) is 42.2 Å². The second-order valence-electron chi connectivity index (χ2n) is 10.1. The Morgan fingerprint density at radius 1 is 1.19 bits per heavy atom. The normalized spacial score (nSPS) is 32.4. The Morgan fingerprint density at radius 3 is 2.79 bits per heavy atom. The number of nitrogen functional groups attached to an aromatic ring is 1. The van der Waals surface area contributed by atoms with Crippen molar-refractivity contribution in [1.29, 1.82) is 0 Å². The predicted molar refractivity (Wildman–Crippen MR) is 153 cm³/mol. The van der Waals surface area contributed by atoms with Crippen LogP contribution < -0.4 is 11.3 Å². The molecule has 3 aliphatic rings. The molecule has 2 aliphatic heterocycles. The van der Waals surface area contributed by atoms with Gasteiger partial charge < -0.3 is 29.0 Å². The molecule has 4 aromatic rings. The summed E-state index contributed by atoms with van der Waals surface area (Å²) in [4.78, 5) is 47.0. The van der Waals surface area contributed by atoms with Crippen LogP contribution in [0.15, 0.2) is 17.3 Å². The molecule has 2 bridgehead atoms. The van der Waals surface area contributed by atoms with Crippen LogP contribution in [0.1, 0.15) is 36.6 Å². The Bertz CT molecular complexity index is 1890. The highest BCUT2D eigenvalue weighted by atomic mass is 32.7. The molecule has 43 heavy (non-hydrogen) atoms. The molecule has 230 valence electrons. The Kier molecular flexibility index (Phi) is 7.44. The van der Waals surface area contributed by atoms with Gasteiger partial charge in [0.25, 0.3) is 5.56 Å². The highest BCUT2D eigenvalue weighted by molar-refractivity contribution is 8.44. The molecule has 1 aliphatic carbocycles. The summed E-state index contributed by atoms with van der Waals surface area (Å²) in [5.41, 5.74) is 5.84. The van der Waals surface area contributed by atoms with Gasteiger partial charge in [-0.2, -0.15) is 4.98 Å². The van der Waals surface area contributed by atoms with Crippen LogP contribution in [0.3, 0.4) is 0 Å². The first-order valence-corrected chi connectivity index (χ1v) is 18.3. The van der Waals surface area contributed by atoms with Gasteiger partial charge >= 0.3 is 13.5 Å². The summed E-state index contributed by atoms with van der Waals surface area (Å²) >= 11 is 9.24. The fraction of sp³-hybridized carbons (Fsp3) is 0.524. The Hall–Kier alpha value is -2.38. The van der Waals surface area contributed by atoms with Crippen LogP contribution in [0.5, 0.6) is 0 Å². The number of thiol groups is 1. The molecule has 0 aromatic carbocycles. The molecule has 2 fully saturated rings. The minimum atomic E-state index is -4.31. The van der Waals surface area contributed by atoms with E-state index in [0.717, 1.165) is 12.8 Å². The lowest BCUT2D eigenvalue weighted by atomic mass is 10.1. The average Bonchev–Trinajstić information content (AvgIpc) is 3.53. The number of aromatic nitrogens is 8. The third-order valence-electron chi connectivity index (χ3n) is 7.10. The van der Waals surface area contributed by atoms with Crippen molar-refractivity contribution < 1.29 is 36.7 Å². The summed E-state index contributed by atoms with van der Waals surface area (Å²) in [6.45, 7) is -9.12. The van der Waals surface area contributed by atoms with Crippen LogP contribution in [0.2, 0.25) is 0 Å². The van der Waals surface area contributed by atoms with E-state index >= 15 is 4.39 Å². The van der Waals surface area contributed by atoms with E-state index in [4.69, 9.17) is 40.4 Å². The standard InChI is InChI=1S/C21H24FN9O8P2S2/c22-13-11-6-36-40(33,42)35-4-3-30-12(26-10-5-24-16(9-1-2-9)27-17(10)30)7-37-41(34,43)39-15(13)20(38-11)31-8-25-14-18(31)28-21(23)29-19(14)32/h5,8-9,11,13,15,20H,1-4,6-7H2,(H,33,42)(H,34,43)(H3,23,28,29,32)/t11?,13-,15-,20-,40?,41?/m1/s1. The number of rotatable bonds is 2. The number of hydrogen-bond acceptors (Lipinski definition) is 14. The zero-order chi connectivity index (χ0) is 30.1. The van der Waals surface area contributed by atoms with Crippen molar-refractivity contribution in [2.45, 2.75) is 56.5 Å². The topological polar surface area (TPSA) is 217 Å². The number of nitrogens with zero attached hydrogens (tertiary/aromatic N) is 7. The molecular formula is C21H24FN9O8P2S2.